The smallest absolute Gasteiger partial charge is 0.124 e. The molecule has 0 unspecified atom stereocenters. The Morgan fingerprint density at radius 2 is 1.60 bits per heavy atom. The molecular weight excluding hydrogens is 288 g/mol. The standard InChI is InChI=1S/C16H13ClN2S/c17-14-7-5-12(6-8-14)15-10-20-16(19-15)13-3-1-11(9-18)2-4-13/h1-8,10H,9,18H2. The summed E-state index contributed by atoms with van der Waals surface area (Å²) in [5.41, 5.74) is 9.91. The van der Waals surface area contributed by atoms with E-state index < -0.39 is 0 Å². The highest BCUT2D eigenvalue weighted by molar-refractivity contribution is 7.13. The van der Waals surface area contributed by atoms with Crippen molar-refractivity contribution in [3.63, 3.8) is 0 Å². The van der Waals surface area contributed by atoms with Gasteiger partial charge in [0.2, 0.25) is 0 Å². The minimum Gasteiger partial charge on any atom is -0.326 e. The van der Waals surface area contributed by atoms with Crippen molar-refractivity contribution in [3.8, 4) is 21.8 Å². The predicted octanol–water partition coefficient (Wildman–Crippen LogP) is 4.59. The van der Waals surface area contributed by atoms with Crippen molar-refractivity contribution in [2.45, 2.75) is 6.54 Å². The van der Waals surface area contributed by atoms with Crippen molar-refractivity contribution in [3.05, 3.63) is 64.5 Å². The van der Waals surface area contributed by atoms with Crippen LogP contribution in [0.1, 0.15) is 5.56 Å². The Morgan fingerprint density at radius 1 is 0.950 bits per heavy atom. The number of halogens is 1. The molecule has 0 fully saturated rings. The fourth-order valence-electron chi connectivity index (χ4n) is 1.94. The van der Waals surface area contributed by atoms with Gasteiger partial charge in [0, 0.05) is 28.1 Å². The maximum absolute atomic E-state index is 5.90. The summed E-state index contributed by atoms with van der Waals surface area (Å²) in [6, 6.07) is 15.9. The van der Waals surface area contributed by atoms with Gasteiger partial charge in [-0.25, -0.2) is 4.98 Å². The van der Waals surface area contributed by atoms with Crippen LogP contribution >= 0.6 is 22.9 Å². The average molecular weight is 301 g/mol. The molecule has 0 aliphatic carbocycles. The van der Waals surface area contributed by atoms with Crippen molar-refractivity contribution in [2.75, 3.05) is 0 Å². The van der Waals surface area contributed by atoms with E-state index in [4.69, 9.17) is 17.3 Å². The second kappa shape index (κ2) is 5.75. The molecule has 0 amide bonds. The lowest BCUT2D eigenvalue weighted by Gasteiger charge is -1.99. The van der Waals surface area contributed by atoms with Gasteiger partial charge in [0.15, 0.2) is 0 Å². The van der Waals surface area contributed by atoms with E-state index >= 15 is 0 Å². The molecule has 0 bridgehead atoms. The average Bonchev–Trinajstić information content (AvgIpc) is 2.98. The van der Waals surface area contributed by atoms with Gasteiger partial charge in [-0.3, -0.25) is 0 Å². The van der Waals surface area contributed by atoms with Crippen LogP contribution in [0.15, 0.2) is 53.9 Å². The highest BCUT2D eigenvalue weighted by atomic mass is 35.5. The molecule has 0 spiro atoms. The lowest BCUT2D eigenvalue weighted by atomic mass is 10.1. The van der Waals surface area contributed by atoms with Gasteiger partial charge in [0.05, 0.1) is 5.69 Å². The quantitative estimate of drug-likeness (QED) is 0.768. The zero-order valence-electron chi connectivity index (χ0n) is 10.7. The number of thiazole rings is 1. The van der Waals surface area contributed by atoms with Crippen molar-refractivity contribution in [1.29, 1.82) is 0 Å². The van der Waals surface area contributed by atoms with Crippen LogP contribution in [0.2, 0.25) is 5.02 Å². The van der Waals surface area contributed by atoms with Crippen molar-refractivity contribution >= 4 is 22.9 Å². The summed E-state index contributed by atoms with van der Waals surface area (Å²) < 4.78 is 0. The Bertz CT molecular complexity index is 702. The molecule has 0 aliphatic heterocycles. The van der Waals surface area contributed by atoms with Crippen LogP contribution in [0.3, 0.4) is 0 Å². The molecular formula is C16H13ClN2S. The van der Waals surface area contributed by atoms with Gasteiger partial charge in [-0.05, 0) is 17.7 Å². The fourth-order valence-corrected chi connectivity index (χ4v) is 2.90. The van der Waals surface area contributed by atoms with E-state index in [0.717, 1.165) is 32.4 Å². The Kier molecular flexibility index (Phi) is 3.83. The van der Waals surface area contributed by atoms with Crippen LogP contribution in [-0.2, 0) is 6.54 Å². The normalized spacial score (nSPS) is 10.7. The third-order valence-corrected chi connectivity index (χ3v) is 4.22. The highest BCUT2D eigenvalue weighted by Gasteiger charge is 2.06. The number of benzene rings is 2. The molecule has 100 valence electrons. The lowest BCUT2D eigenvalue weighted by Crippen LogP contribution is -1.95. The first-order chi connectivity index (χ1) is 9.76. The summed E-state index contributed by atoms with van der Waals surface area (Å²) >= 11 is 7.54. The molecule has 20 heavy (non-hydrogen) atoms. The number of nitrogens with two attached hydrogens (primary N) is 1. The first-order valence-corrected chi connectivity index (χ1v) is 7.53. The Labute approximate surface area is 126 Å². The summed E-state index contributed by atoms with van der Waals surface area (Å²) in [6.07, 6.45) is 0. The van der Waals surface area contributed by atoms with Gasteiger partial charge < -0.3 is 5.73 Å². The Balaban J connectivity index is 1.91. The van der Waals surface area contributed by atoms with Gasteiger partial charge >= 0.3 is 0 Å². The lowest BCUT2D eigenvalue weighted by molar-refractivity contribution is 1.07. The van der Waals surface area contributed by atoms with Gasteiger partial charge in [-0.2, -0.15) is 0 Å². The van der Waals surface area contributed by atoms with Crippen LogP contribution in [0, 0.1) is 0 Å². The number of aromatic nitrogens is 1. The molecule has 2 N–H and O–H groups in total. The van der Waals surface area contributed by atoms with Crippen LogP contribution in [0.5, 0.6) is 0 Å². The highest BCUT2D eigenvalue weighted by Crippen LogP contribution is 2.29. The maximum Gasteiger partial charge on any atom is 0.124 e. The van der Waals surface area contributed by atoms with Crippen LogP contribution in [0.25, 0.3) is 21.8 Å². The van der Waals surface area contributed by atoms with E-state index in [1.54, 1.807) is 11.3 Å². The van der Waals surface area contributed by atoms with Crippen LogP contribution < -0.4 is 5.73 Å². The second-order valence-corrected chi connectivity index (χ2v) is 5.74. The number of nitrogens with zero attached hydrogens (tertiary/aromatic N) is 1. The predicted molar refractivity (Wildman–Crippen MR) is 85.9 cm³/mol. The monoisotopic (exact) mass is 300 g/mol. The summed E-state index contributed by atoms with van der Waals surface area (Å²) in [7, 11) is 0. The molecule has 0 atom stereocenters. The van der Waals surface area contributed by atoms with E-state index in [1.165, 1.54) is 0 Å². The second-order valence-electron chi connectivity index (χ2n) is 4.45. The summed E-state index contributed by atoms with van der Waals surface area (Å²) in [4.78, 5) is 4.68. The first kappa shape index (κ1) is 13.3. The largest absolute Gasteiger partial charge is 0.326 e. The molecule has 2 nitrogen and oxygen atoms in total. The SMILES string of the molecule is NCc1ccc(-c2nc(-c3ccc(Cl)cc3)cs2)cc1. The van der Waals surface area contributed by atoms with E-state index in [1.807, 2.05) is 36.4 Å². The number of hydrogen-bond acceptors (Lipinski definition) is 3. The van der Waals surface area contributed by atoms with E-state index in [-0.39, 0.29) is 0 Å². The van der Waals surface area contributed by atoms with E-state index in [0.29, 0.717) is 6.54 Å². The van der Waals surface area contributed by atoms with Crippen LogP contribution in [-0.4, -0.2) is 4.98 Å². The summed E-state index contributed by atoms with van der Waals surface area (Å²) in [5, 5.41) is 3.81. The van der Waals surface area contributed by atoms with E-state index in [9.17, 15) is 0 Å². The number of hydrogen-bond donors (Lipinski definition) is 1. The molecule has 0 radical (unpaired) electrons. The minimum absolute atomic E-state index is 0.564. The third-order valence-electron chi connectivity index (χ3n) is 3.08. The molecule has 1 aromatic heterocycles. The Hall–Kier alpha value is -1.68. The van der Waals surface area contributed by atoms with Crippen molar-refractivity contribution in [2.24, 2.45) is 5.73 Å². The molecule has 3 aromatic rings. The van der Waals surface area contributed by atoms with E-state index in [2.05, 4.69) is 22.5 Å². The summed E-state index contributed by atoms with van der Waals surface area (Å²) in [6.45, 7) is 0.564. The molecule has 4 heteroatoms. The van der Waals surface area contributed by atoms with Gasteiger partial charge in [-0.15, -0.1) is 11.3 Å². The molecule has 2 aromatic carbocycles. The van der Waals surface area contributed by atoms with Gasteiger partial charge in [0.1, 0.15) is 5.01 Å². The molecule has 0 aliphatic rings. The minimum atomic E-state index is 0.564. The molecule has 0 saturated heterocycles. The molecule has 0 saturated carbocycles. The third kappa shape index (κ3) is 2.75. The topological polar surface area (TPSA) is 38.9 Å². The Morgan fingerprint density at radius 3 is 2.25 bits per heavy atom. The van der Waals surface area contributed by atoms with Crippen molar-refractivity contribution < 1.29 is 0 Å². The molecule has 3 rings (SSSR count). The number of rotatable bonds is 3. The zero-order chi connectivity index (χ0) is 13.9. The van der Waals surface area contributed by atoms with Gasteiger partial charge in [0.25, 0.3) is 0 Å². The van der Waals surface area contributed by atoms with Gasteiger partial charge in [-0.1, -0.05) is 48.0 Å². The fraction of sp³-hybridized carbons (Fsp3) is 0.0625. The summed E-state index contributed by atoms with van der Waals surface area (Å²) in [5.74, 6) is 0. The first-order valence-electron chi connectivity index (χ1n) is 6.27. The molecule has 1 heterocycles. The van der Waals surface area contributed by atoms with Crippen molar-refractivity contribution in [1.82, 2.24) is 4.98 Å². The zero-order valence-corrected chi connectivity index (χ0v) is 12.3. The van der Waals surface area contributed by atoms with Crippen LogP contribution in [0.4, 0.5) is 0 Å². The maximum atomic E-state index is 5.90.